The molecule has 0 N–H and O–H groups in total. The van der Waals surface area contributed by atoms with Crippen molar-refractivity contribution in [1.29, 1.82) is 0 Å². The number of aromatic nitrogens is 2. The van der Waals surface area contributed by atoms with Crippen LogP contribution in [0.25, 0.3) is 0 Å². The van der Waals surface area contributed by atoms with E-state index in [4.69, 9.17) is 11.6 Å². The van der Waals surface area contributed by atoms with E-state index in [2.05, 4.69) is 37.7 Å². The van der Waals surface area contributed by atoms with Crippen LogP contribution >= 0.6 is 11.6 Å². The summed E-state index contributed by atoms with van der Waals surface area (Å²) in [4.78, 5) is 8.34. The summed E-state index contributed by atoms with van der Waals surface area (Å²) in [7, 11) is 0. The number of halogens is 1. The minimum atomic E-state index is 0.356. The van der Waals surface area contributed by atoms with Gasteiger partial charge in [-0.1, -0.05) is 27.7 Å². The molecule has 0 saturated heterocycles. The first-order chi connectivity index (χ1) is 6.00. The van der Waals surface area contributed by atoms with Gasteiger partial charge in [-0.25, -0.2) is 9.97 Å². The van der Waals surface area contributed by atoms with Gasteiger partial charge in [-0.15, -0.1) is 0 Å². The van der Waals surface area contributed by atoms with Crippen molar-refractivity contribution in [2.24, 2.45) is 0 Å². The molecule has 0 saturated carbocycles. The van der Waals surface area contributed by atoms with Crippen LogP contribution in [-0.4, -0.2) is 9.97 Å². The molecular weight excluding hydrogens is 184 g/mol. The zero-order valence-electron chi connectivity index (χ0n) is 8.50. The second kappa shape index (κ2) is 4.05. The Bertz CT molecular complexity index is 269. The van der Waals surface area contributed by atoms with Crippen LogP contribution in [0.4, 0.5) is 0 Å². The van der Waals surface area contributed by atoms with Crippen molar-refractivity contribution < 1.29 is 0 Å². The van der Waals surface area contributed by atoms with E-state index >= 15 is 0 Å². The van der Waals surface area contributed by atoms with E-state index in [0.717, 1.165) is 11.4 Å². The molecule has 0 bridgehead atoms. The highest BCUT2D eigenvalue weighted by molar-refractivity contribution is 6.28. The number of hydrogen-bond acceptors (Lipinski definition) is 2. The first-order valence-corrected chi connectivity index (χ1v) is 4.93. The Morgan fingerprint density at radius 3 is 1.69 bits per heavy atom. The van der Waals surface area contributed by atoms with Crippen LogP contribution in [0.5, 0.6) is 0 Å². The van der Waals surface area contributed by atoms with E-state index in [0.29, 0.717) is 17.1 Å². The third kappa shape index (κ3) is 2.66. The van der Waals surface area contributed by atoms with Gasteiger partial charge in [-0.05, 0) is 29.5 Å². The largest absolute Gasteiger partial charge is 0.223 e. The van der Waals surface area contributed by atoms with Crippen molar-refractivity contribution in [2.45, 2.75) is 39.5 Å². The first-order valence-electron chi connectivity index (χ1n) is 4.55. The fourth-order valence-electron chi connectivity index (χ4n) is 1.05. The molecule has 0 atom stereocenters. The predicted molar refractivity (Wildman–Crippen MR) is 55.2 cm³/mol. The van der Waals surface area contributed by atoms with Crippen molar-refractivity contribution in [2.75, 3.05) is 0 Å². The van der Waals surface area contributed by atoms with Crippen molar-refractivity contribution in [3.63, 3.8) is 0 Å². The van der Waals surface area contributed by atoms with Crippen molar-refractivity contribution in [3.8, 4) is 0 Å². The van der Waals surface area contributed by atoms with E-state index in [1.807, 2.05) is 6.07 Å². The second-order valence-corrected chi connectivity index (χ2v) is 4.13. The Kier molecular flexibility index (Phi) is 3.26. The third-order valence-corrected chi connectivity index (χ3v) is 2.09. The van der Waals surface area contributed by atoms with E-state index < -0.39 is 0 Å². The summed E-state index contributed by atoms with van der Waals surface area (Å²) >= 11 is 5.82. The second-order valence-electron chi connectivity index (χ2n) is 3.80. The van der Waals surface area contributed by atoms with Crippen molar-refractivity contribution >= 4 is 11.6 Å². The molecular formula is C10H15ClN2. The summed E-state index contributed by atoms with van der Waals surface area (Å²) in [5, 5.41) is 0.356. The van der Waals surface area contributed by atoms with E-state index in [1.54, 1.807) is 0 Å². The molecule has 0 aliphatic rings. The molecule has 0 unspecified atom stereocenters. The van der Waals surface area contributed by atoms with Crippen LogP contribution in [0.3, 0.4) is 0 Å². The summed E-state index contributed by atoms with van der Waals surface area (Å²) in [6, 6.07) is 2.03. The van der Waals surface area contributed by atoms with Gasteiger partial charge in [-0.3, -0.25) is 0 Å². The van der Waals surface area contributed by atoms with Crippen LogP contribution in [0.2, 0.25) is 5.28 Å². The van der Waals surface area contributed by atoms with Crippen LogP contribution < -0.4 is 0 Å². The molecule has 1 rings (SSSR count). The minimum absolute atomic E-state index is 0.356. The Hall–Kier alpha value is -0.630. The quantitative estimate of drug-likeness (QED) is 0.681. The standard InChI is InChI=1S/C10H15ClN2/c1-6(2)8-5-9(7(3)4)13-10(11)12-8/h5-7H,1-4H3. The predicted octanol–water partition coefficient (Wildman–Crippen LogP) is 3.38. The fourth-order valence-corrected chi connectivity index (χ4v) is 1.24. The van der Waals surface area contributed by atoms with Gasteiger partial charge in [-0.2, -0.15) is 0 Å². The average Bonchev–Trinajstić information content (AvgIpc) is 2.03. The maximum atomic E-state index is 5.82. The molecule has 2 nitrogen and oxygen atoms in total. The highest BCUT2D eigenvalue weighted by atomic mass is 35.5. The highest BCUT2D eigenvalue weighted by Crippen LogP contribution is 2.19. The lowest BCUT2D eigenvalue weighted by molar-refractivity contribution is 0.767. The normalized spacial score (nSPS) is 11.3. The molecule has 1 aromatic heterocycles. The molecule has 0 radical (unpaired) electrons. The maximum absolute atomic E-state index is 5.82. The van der Waals surface area contributed by atoms with E-state index in [1.165, 1.54) is 0 Å². The third-order valence-electron chi connectivity index (χ3n) is 1.92. The van der Waals surface area contributed by atoms with Gasteiger partial charge in [0.1, 0.15) is 0 Å². The van der Waals surface area contributed by atoms with Crippen LogP contribution in [-0.2, 0) is 0 Å². The van der Waals surface area contributed by atoms with Gasteiger partial charge in [0.25, 0.3) is 0 Å². The zero-order chi connectivity index (χ0) is 10.0. The first kappa shape index (κ1) is 10.5. The Morgan fingerprint density at radius 2 is 1.38 bits per heavy atom. The van der Waals surface area contributed by atoms with Crippen molar-refractivity contribution in [1.82, 2.24) is 9.97 Å². The molecule has 0 fully saturated rings. The summed E-state index contributed by atoms with van der Waals surface area (Å²) in [6.07, 6.45) is 0. The fraction of sp³-hybridized carbons (Fsp3) is 0.600. The molecule has 0 aromatic carbocycles. The molecule has 0 spiro atoms. The van der Waals surface area contributed by atoms with Gasteiger partial charge >= 0.3 is 0 Å². The van der Waals surface area contributed by atoms with Gasteiger partial charge in [0, 0.05) is 11.4 Å². The molecule has 13 heavy (non-hydrogen) atoms. The molecule has 72 valence electrons. The summed E-state index contributed by atoms with van der Waals surface area (Å²) in [5.41, 5.74) is 2.03. The lowest BCUT2D eigenvalue weighted by Gasteiger charge is -2.09. The van der Waals surface area contributed by atoms with Crippen LogP contribution in [0, 0.1) is 0 Å². The summed E-state index contributed by atoms with van der Waals surface area (Å²) < 4.78 is 0. The molecule has 3 heteroatoms. The lowest BCUT2D eigenvalue weighted by Crippen LogP contribution is -2.00. The zero-order valence-corrected chi connectivity index (χ0v) is 9.26. The maximum Gasteiger partial charge on any atom is 0.222 e. The average molecular weight is 199 g/mol. The smallest absolute Gasteiger partial charge is 0.222 e. The van der Waals surface area contributed by atoms with Gasteiger partial charge in [0.15, 0.2) is 0 Å². The summed E-state index contributed by atoms with van der Waals surface area (Å²) in [6.45, 7) is 8.40. The van der Waals surface area contributed by atoms with Gasteiger partial charge in [0.05, 0.1) is 0 Å². The molecule has 0 aliphatic heterocycles. The SMILES string of the molecule is CC(C)c1cc(C(C)C)nc(Cl)n1. The Balaban J connectivity index is 3.11. The van der Waals surface area contributed by atoms with E-state index in [9.17, 15) is 0 Å². The van der Waals surface area contributed by atoms with Gasteiger partial charge in [0.2, 0.25) is 5.28 Å². The lowest BCUT2D eigenvalue weighted by atomic mass is 10.1. The van der Waals surface area contributed by atoms with Crippen LogP contribution in [0.1, 0.15) is 50.9 Å². The number of nitrogens with zero attached hydrogens (tertiary/aromatic N) is 2. The number of hydrogen-bond donors (Lipinski definition) is 0. The Morgan fingerprint density at radius 1 is 1.00 bits per heavy atom. The topological polar surface area (TPSA) is 25.8 Å². The summed E-state index contributed by atoms with van der Waals surface area (Å²) in [5.74, 6) is 0.802. The highest BCUT2D eigenvalue weighted by Gasteiger charge is 2.08. The van der Waals surface area contributed by atoms with Crippen molar-refractivity contribution in [3.05, 3.63) is 22.7 Å². The van der Waals surface area contributed by atoms with Gasteiger partial charge < -0.3 is 0 Å². The minimum Gasteiger partial charge on any atom is -0.223 e. The molecule has 1 heterocycles. The Labute approximate surface area is 84.4 Å². The molecule has 1 aromatic rings. The molecule has 0 aliphatic carbocycles. The van der Waals surface area contributed by atoms with Crippen LogP contribution in [0.15, 0.2) is 6.07 Å². The number of rotatable bonds is 2. The molecule has 0 amide bonds. The monoisotopic (exact) mass is 198 g/mol. The van der Waals surface area contributed by atoms with E-state index in [-0.39, 0.29) is 0 Å².